The number of thiophene rings is 1. The van der Waals surface area contributed by atoms with Crippen LogP contribution in [0.2, 0.25) is 0 Å². The first-order valence-electron chi connectivity index (χ1n) is 5.82. The molecule has 0 aliphatic carbocycles. The zero-order valence-electron chi connectivity index (χ0n) is 10.5. The van der Waals surface area contributed by atoms with Gasteiger partial charge in [0.15, 0.2) is 0 Å². The van der Waals surface area contributed by atoms with Crippen LogP contribution in [0.25, 0.3) is 10.2 Å². The van der Waals surface area contributed by atoms with E-state index >= 15 is 0 Å². The summed E-state index contributed by atoms with van der Waals surface area (Å²) in [5.74, 6) is 0.973. The highest BCUT2D eigenvalue weighted by molar-refractivity contribution is 7.80. The summed E-state index contributed by atoms with van der Waals surface area (Å²) in [6.45, 7) is 5.07. The van der Waals surface area contributed by atoms with Crippen LogP contribution in [0.4, 0.5) is 5.82 Å². The fourth-order valence-electron chi connectivity index (χ4n) is 1.82. The quantitative estimate of drug-likeness (QED) is 0.853. The van der Waals surface area contributed by atoms with Crippen LogP contribution in [0.15, 0.2) is 17.8 Å². The Kier molecular flexibility index (Phi) is 4.08. The van der Waals surface area contributed by atoms with Crippen LogP contribution < -0.4 is 10.6 Å². The van der Waals surface area contributed by atoms with Gasteiger partial charge in [0.2, 0.25) is 0 Å². The zero-order chi connectivity index (χ0) is 13.1. The third-order valence-electron chi connectivity index (χ3n) is 2.72. The van der Waals surface area contributed by atoms with Gasteiger partial charge in [-0.2, -0.15) is 0 Å². The number of nitrogens with zero attached hydrogens (tertiary/aromatic N) is 3. The molecule has 18 heavy (non-hydrogen) atoms. The lowest BCUT2D eigenvalue weighted by Gasteiger charge is -2.27. The Labute approximate surface area is 116 Å². The van der Waals surface area contributed by atoms with E-state index in [2.05, 4.69) is 28.7 Å². The third-order valence-corrected chi connectivity index (χ3v) is 3.82. The third kappa shape index (κ3) is 2.76. The van der Waals surface area contributed by atoms with Gasteiger partial charge in [-0.3, -0.25) is 0 Å². The summed E-state index contributed by atoms with van der Waals surface area (Å²) in [7, 11) is 0. The number of rotatable bonds is 5. The second-order valence-corrected chi connectivity index (χ2v) is 5.78. The zero-order valence-corrected chi connectivity index (χ0v) is 12.1. The molecule has 2 aromatic rings. The number of aromatic nitrogens is 2. The van der Waals surface area contributed by atoms with E-state index in [0.29, 0.717) is 17.5 Å². The number of hydrogen-bond donors (Lipinski definition) is 1. The number of nitrogens with two attached hydrogens (primary N) is 1. The maximum absolute atomic E-state index is 5.59. The van der Waals surface area contributed by atoms with Crippen molar-refractivity contribution in [3.8, 4) is 0 Å². The van der Waals surface area contributed by atoms with Gasteiger partial charge in [-0.05, 0) is 25.3 Å². The van der Waals surface area contributed by atoms with Crippen molar-refractivity contribution in [2.24, 2.45) is 5.73 Å². The predicted octanol–water partition coefficient (Wildman–Crippen LogP) is 2.58. The van der Waals surface area contributed by atoms with Crippen molar-refractivity contribution in [3.05, 3.63) is 17.8 Å². The van der Waals surface area contributed by atoms with Gasteiger partial charge in [0.1, 0.15) is 12.1 Å². The molecule has 0 bridgehead atoms. The molecule has 6 heteroatoms. The van der Waals surface area contributed by atoms with Crippen LogP contribution in [0.1, 0.15) is 20.3 Å². The first kappa shape index (κ1) is 13.2. The lowest BCUT2D eigenvalue weighted by molar-refractivity contribution is 0.683. The highest BCUT2D eigenvalue weighted by atomic mass is 32.1. The van der Waals surface area contributed by atoms with Gasteiger partial charge in [0.05, 0.1) is 15.2 Å². The van der Waals surface area contributed by atoms with Crippen molar-refractivity contribution in [2.75, 3.05) is 11.4 Å². The van der Waals surface area contributed by atoms with Gasteiger partial charge in [0, 0.05) is 19.0 Å². The summed E-state index contributed by atoms with van der Waals surface area (Å²) in [5.41, 5.74) is 6.58. The maximum Gasteiger partial charge on any atom is 0.150 e. The standard InChI is InChI=1S/C12H16N4S2/c1-8(2)16(5-3-10(13)17)12-11-9(4-6-18-11)14-7-15-12/h4,6-8H,3,5H2,1-2H3,(H2,13,17). The smallest absolute Gasteiger partial charge is 0.150 e. The molecule has 0 aromatic carbocycles. The Morgan fingerprint density at radius 2 is 2.28 bits per heavy atom. The van der Waals surface area contributed by atoms with Crippen molar-refractivity contribution in [1.82, 2.24) is 9.97 Å². The van der Waals surface area contributed by atoms with E-state index in [9.17, 15) is 0 Å². The average Bonchev–Trinajstić information content (AvgIpc) is 2.77. The van der Waals surface area contributed by atoms with E-state index in [4.69, 9.17) is 18.0 Å². The molecule has 0 fully saturated rings. The van der Waals surface area contributed by atoms with Crippen LogP contribution in [-0.2, 0) is 0 Å². The lowest BCUT2D eigenvalue weighted by Crippen LogP contribution is -2.34. The normalized spacial score (nSPS) is 11.1. The van der Waals surface area contributed by atoms with Gasteiger partial charge in [-0.25, -0.2) is 9.97 Å². The Morgan fingerprint density at radius 1 is 1.50 bits per heavy atom. The molecule has 0 amide bonds. The van der Waals surface area contributed by atoms with Crippen LogP contribution in [-0.4, -0.2) is 27.5 Å². The minimum absolute atomic E-state index is 0.347. The van der Waals surface area contributed by atoms with Crippen molar-refractivity contribution < 1.29 is 0 Å². The van der Waals surface area contributed by atoms with Crippen molar-refractivity contribution >= 4 is 44.6 Å². The Balaban J connectivity index is 2.35. The molecule has 0 atom stereocenters. The molecule has 0 saturated heterocycles. The Bertz CT molecular complexity index is 550. The summed E-state index contributed by atoms with van der Waals surface area (Å²) in [6, 6.07) is 2.36. The molecule has 0 saturated carbocycles. The van der Waals surface area contributed by atoms with Crippen LogP contribution >= 0.6 is 23.6 Å². The van der Waals surface area contributed by atoms with Crippen molar-refractivity contribution in [3.63, 3.8) is 0 Å². The Morgan fingerprint density at radius 3 is 2.94 bits per heavy atom. The molecule has 2 heterocycles. The molecule has 4 nitrogen and oxygen atoms in total. The summed E-state index contributed by atoms with van der Waals surface area (Å²) in [4.78, 5) is 11.4. The molecule has 0 spiro atoms. The van der Waals surface area contributed by atoms with E-state index in [1.807, 2.05) is 11.4 Å². The molecule has 0 radical (unpaired) electrons. The van der Waals surface area contributed by atoms with Crippen LogP contribution in [0, 0.1) is 0 Å². The molecular formula is C12H16N4S2. The highest BCUT2D eigenvalue weighted by Crippen LogP contribution is 2.28. The lowest BCUT2D eigenvalue weighted by atomic mass is 10.2. The van der Waals surface area contributed by atoms with E-state index in [0.717, 1.165) is 22.6 Å². The molecule has 0 aliphatic heterocycles. The number of thiocarbonyl (C=S) groups is 1. The summed E-state index contributed by atoms with van der Waals surface area (Å²) < 4.78 is 1.12. The highest BCUT2D eigenvalue weighted by Gasteiger charge is 2.16. The second-order valence-electron chi connectivity index (χ2n) is 4.34. The number of hydrogen-bond acceptors (Lipinski definition) is 5. The van der Waals surface area contributed by atoms with E-state index in [-0.39, 0.29) is 0 Å². The number of fused-ring (bicyclic) bond motifs is 1. The molecule has 0 unspecified atom stereocenters. The van der Waals surface area contributed by atoms with E-state index in [1.165, 1.54) is 0 Å². The average molecular weight is 280 g/mol. The van der Waals surface area contributed by atoms with Crippen molar-refractivity contribution in [2.45, 2.75) is 26.3 Å². The van der Waals surface area contributed by atoms with Gasteiger partial charge in [-0.1, -0.05) is 12.2 Å². The van der Waals surface area contributed by atoms with Crippen molar-refractivity contribution in [1.29, 1.82) is 0 Å². The first-order chi connectivity index (χ1) is 8.59. The van der Waals surface area contributed by atoms with Crippen LogP contribution in [0.5, 0.6) is 0 Å². The molecular weight excluding hydrogens is 264 g/mol. The largest absolute Gasteiger partial charge is 0.393 e. The first-order valence-corrected chi connectivity index (χ1v) is 7.11. The van der Waals surface area contributed by atoms with E-state index < -0.39 is 0 Å². The molecule has 2 N–H and O–H groups in total. The summed E-state index contributed by atoms with van der Waals surface area (Å²) in [6.07, 6.45) is 2.31. The second kappa shape index (κ2) is 5.58. The van der Waals surface area contributed by atoms with E-state index in [1.54, 1.807) is 17.7 Å². The minimum Gasteiger partial charge on any atom is -0.393 e. The van der Waals surface area contributed by atoms with Crippen LogP contribution in [0.3, 0.4) is 0 Å². The topological polar surface area (TPSA) is 55.0 Å². The van der Waals surface area contributed by atoms with Gasteiger partial charge in [-0.15, -0.1) is 11.3 Å². The fourth-order valence-corrected chi connectivity index (χ4v) is 2.76. The monoisotopic (exact) mass is 280 g/mol. The van der Waals surface area contributed by atoms with Gasteiger partial charge >= 0.3 is 0 Å². The molecule has 96 valence electrons. The summed E-state index contributed by atoms with van der Waals surface area (Å²) >= 11 is 6.61. The Hall–Kier alpha value is -1.27. The summed E-state index contributed by atoms with van der Waals surface area (Å²) in [5, 5.41) is 2.04. The maximum atomic E-state index is 5.59. The molecule has 2 aromatic heterocycles. The SMILES string of the molecule is CC(C)N(CCC(N)=S)c1ncnc2ccsc12. The fraction of sp³-hybridized carbons (Fsp3) is 0.417. The van der Waals surface area contributed by atoms with Gasteiger partial charge in [0.25, 0.3) is 0 Å². The predicted molar refractivity (Wildman–Crippen MR) is 81.3 cm³/mol. The minimum atomic E-state index is 0.347. The number of anilines is 1. The molecule has 0 aliphatic rings. The van der Waals surface area contributed by atoms with Gasteiger partial charge < -0.3 is 10.6 Å². The molecule has 2 rings (SSSR count).